The molecule has 7 heteroatoms. The van der Waals surface area contributed by atoms with Crippen LogP contribution in [-0.4, -0.2) is 12.4 Å². The summed E-state index contributed by atoms with van der Waals surface area (Å²) in [6.45, 7) is -2.00. The molecule has 1 unspecified atom stereocenters. The Morgan fingerprint density at radius 1 is 1.28 bits per heavy atom. The fraction of sp³-hybridized carbons (Fsp3) is 0.364. The summed E-state index contributed by atoms with van der Waals surface area (Å²) in [5.74, 6) is -1.03. The lowest BCUT2D eigenvalue weighted by Gasteiger charge is -2.16. The molecule has 0 aliphatic heterocycles. The number of hydrogen-bond donors (Lipinski definition) is 0. The van der Waals surface area contributed by atoms with E-state index >= 15 is 0 Å². The Labute approximate surface area is 109 Å². The van der Waals surface area contributed by atoms with Crippen molar-refractivity contribution >= 4 is 21.7 Å². The Kier molecular flexibility index (Phi) is 5.13. The van der Waals surface area contributed by atoms with Gasteiger partial charge >= 0.3 is 6.61 Å². The average molecular weight is 329 g/mol. The van der Waals surface area contributed by atoms with E-state index in [1.807, 2.05) is 0 Å². The highest BCUT2D eigenvalue weighted by Gasteiger charge is 2.26. The van der Waals surface area contributed by atoms with E-state index in [1.165, 1.54) is 19.1 Å². The van der Waals surface area contributed by atoms with E-state index in [0.29, 0.717) is 0 Å². The largest absolute Gasteiger partial charge is 0.434 e. The second-order valence-electron chi connectivity index (χ2n) is 3.41. The molecule has 0 N–H and O–H groups in total. The van der Waals surface area contributed by atoms with Crippen molar-refractivity contribution in [1.82, 2.24) is 0 Å². The smallest absolute Gasteiger partial charge is 0.387 e. The molecule has 1 aromatic carbocycles. The first-order chi connectivity index (χ1) is 8.34. The van der Waals surface area contributed by atoms with Crippen molar-refractivity contribution < 1.29 is 27.1 Å². The fourth-order valence-corrected chi connectivity index (χ4v) is 1.83. The zero-order chi connectivity index (χ0) is 13.9. The third kappa shape index (κ3) is 3.44. The summed E-state index contributed by atoms with van der Waals surface area (Å²) in [5, 5.41) is 0. The molecule has 0 bridgehead atoms. The quantitative estimate of drug-likeness (QED) is 0.596. The second-order valence-corrected chi connectivity index (χ2v) is 4.33. The second kappa shape index (κ2) is 6.17. The van der Waals surface area contributed by atoms with Crippen molar-refractivity contribution in [2.75, 3.05) is 0 Å². The monoisotopic (exact) mass is 328 g/mol. The van der Waals surface area contributed by atoms with Crippen LogP contribution in [0.25, 0.3) is 0 Å². The topological polar surface area (TPSA) is 26.3 Å². The van der Waals surface area contributed by atoms with Gasteiger partial charge in [0.1, 0.15) is 11.5 Å². The van der Waals surface area contributed by atoms with Crippen LogP contribution in [0, 0.1) is 0 Å². The van der Waals surface area contributed by atoms with Crippen LogP contribution in [0.2, 0.25) is 0 Å². The zero-order valence-electron chi connectivity index (χ0n) is 9.17. The lowest BCUT2D eigenvalue weighted by atomic mass is 10.0. The number of ether oxygens (including phenoxy) is 1. The number of benzene rings is 1. The Bertz CT molecular complexity index is 437. The van der Waals surface area contributed by atoms with Crippen molar-refractivity contribution in [3.63, 3.8) is 0 Å². The van der Waals surface area contributed by atoms with Crippen LogP contribution in [0.3, 0.4) is 0 Å². The van der Waals surface area contributed by atoms with Gasteiger partial charge in [-0.1, -0.05) is 28.1 Å². The van der Waals surface area contributed by atoms with Gasteiger partial charge in [0.2, 0.25) is 0 Å². The highest BCUT2D eigenvalue weighted by Crippen LogP contribution is 2.38. The summed E-state index contributed by atoms with van der Waals surface area (Å²) in [6.07, 6.45) is -3.02. The number of carbonyl (C=O) groups is 1. The molecular formula is C11H9BrF4O2. The van der Waals surface area contributed by atoms with Gasteiger partial charge in [0.05, 0.1) is 10.4 Å². The van der Waals surface area contributed by atoms with Crippen LogP contribution in [0.15, 0.2) is 18.2 Å². The lowest BCUT2D eigenvalue weighted by Crippen LogP contribution is -2.10. The molecule has 0 spiro atoms. The molecule has 0 amide bonds. The van der Waals surface area contributed by atoms with E-state index in [9.17, 15) is 22.4 Å². The number of alkyl halides is 5. The zero-order valence-corrected chi connectivity index (χ0v) is 10.8. The molecule has 1 aromatic rings. The predicted octanol–water partition coefficient (Wildman–Crippen LogP) is 4.25. The molecule has 2 nitrogen and oxygen atoms in total. The number of hydrogen-bond acceptors (Lipinski definition) is 2. The summed E-state index contributed by atoms with van der Waals surface area (Å²) in [7, 11) is 0. The van der Waals surface area contributed by atoms with Crippen molar-refractivity contribution in [3.8, 4) is 5.75 Å². The Hall–Kier alpha value is -1.11. The van der Waals surface area contributed by atoms with Gasteiger partial charge in [0, 0.05) is 0 Å². The first-order valence-electron chi connectivity index (χ1n) is 4.85. The summed E-state index contributed by atoms with van der Waals surface area (Å²) >= 11 is 2.94. The molecule has 0 radical (unpaired) electrons. The summed E-state index contributed by atoms with van der Waals surface area (Å²) in [5.41, 5.74) is -0.773. The number of halogens is 5. The van der Waals surface area contributed by atoms with E-state index < -0.39 is 35.0 Å². The molecular weight excluding hydrogens is 320 g/mol. The lowest BCUT2D eigenvalue weighted by molar-refractivity contribution is -0.116. The van der Waals surface area contributed by atoms with E-state index in [1.54, 1.807) is 0 Å². The summed E-state index contributed by atoms with van der Waals surface area (Å²) in [4.78, 5) is 10.2. The van der Waals surface area contributed by atoms with Gasteiger partial charge in [-0.25, -0.2) is 8.78 Å². The first-order valence-corrected chi connectivity index (χ1v) is 5.76. The molecule has 0 fully saturated rings. The molecule has 0 heterocycles. The van der Waals surface area contributed by atoms with Gasteiger partial charge in [-0.05, 0) is 18.6 Å². The van der Waals surface area contributed by atoms with E-state index in [2.05, 4.69) is 20.7 Å². The van der Waals surface area contributed by atoms with Crippen LogP contribution in [0.1, 0.15) is 29.3 Å². The molecule has 0 aliphatic carbocycles. The Morgan fingerprint density at radius 2 is 1.89 bits per heavy atom. The van der Waals surface area contributed by atoms with Crippen molar-refractivity contribution in [2.45, 2.75) is 24.8 Å². The standard InChI is InChI=1S/C11H9BrF4O2/c1-5(17)9(12)6-3-2-4-7(18-11(15)16)8(6)10(13)14/h2-4,9-11H,1H3. The third-order valence-electron chi connectivity index (χ3n) is 2.16. The minimum absolute atomic E-state index is 0.0735. The minimum Gasteiger partial charge on any atom is -0.434 e. The number of ketones is 1. The Balaban J connectivity index is 3.30. The normalized spacial score (nSPS) is 12.9. The van der Waals surface area contributed by atoms with E-state index in [-0.39, 0.29) is 5.56 Å². The van der Waals surface area contributed by atoms with Crippen molar-refractivity contribution in [3.05, 3.63) is 29.3 Å². The maximum atomic E-state index is 12.9. The highest BCUT2D eigenvalue weighted by atomic mass is 79.9. The molecule has 0 saturated carbocycles. The van der Waals surface area contributed by atoms with Gasteiger partial charge in [-0.15, -0.1) is 0 Å². The number of carbonyl (C=O) groups excluding carboxylic acids is 1. The molecule has 18 heavy (non-hydrogen) atoms. The third-order valence-corrected chi connectivity index (χ3v) is 3.30. The van der Waals surface area contributed by atoms with Gasteiger partial charge in [0.25, 0.3) is 6.43 Å². The van der Waals surface area contributed by atoms with Crippen molar-refractivity contribution in [1.29, 1.82) is 0 Å². The van der Waals surface area contributed by atoms with Crippen LogP contribution in [-0.2, 0) is 4.79 Å². The van der Waals surface area contributed by atoms with Gasteiger partial charge in [-0.2, -0.15) is 8.78 Å². The SMILES string of the molecule is CC(=O)C(Br)c1cccc(OC(F)F)c1C(F)F. The van der Waals surface area contributed by atoms with Crippen LogP contribution in [0.4, 0.5) is 17.6 Å². The first kappa shape index (κ1) is 14.9. The van der Waals surface area contributed by atoms with Crippen LogP contribution >= 0.6 is 15.9 Å². The number of Topliss-reactive ketones (excluding diaryl/α,β-unsaturated/α-hetero) is 1. The molecule has 0 aliphatic rings. The van der Waals surface area contributed by atoms with Crippen LogP contribution < -0.4 is 4.74 Å². The number of rotatable bonds is 5. The highest BCUT2D eigenvalue weighted by molar-refractivity contribution is 9.09. The summed E-state index contributed by atoms with van der Waals surface area (Å²) in [6, 6.07) is 3.55. The van der Waals surface area contributed by atoms with E-state index in [4.69, 9.17) is 0 Å². The van der Waals surface area contributed by atoms with E-state index in [0.717, 1.165) is 6.07 Å². The van der Waals surface area contributed by atoms with Crippen LogP contribution in [0.5, 0.6) is 5.75 Å². The Morgan fingerprint density at radius 3 is 2.33 bits per heavy atom. The minimum atomic E-state index is -3.20. The maximum absolute atomic E-state index is 12.9. The molecule has 1 atom stereocenters. The summed E-state index contributed by atoms with van der Waals surface area (Å²) < 4.78 is 54.1. The van der Waals surface area contributed by atoms with Crippen molar-refractivity contribution in [2.24, 2.45) is 0 Å². The molecule has 1 rings (SSSR count). The molecule has 0 saturated heterocycles. The maximum Gasteiger partial charge on any atom is 0.387 e. The van der Waals surface area contributed by atoms with Gasteiger partial charge in [-0.3, -0.25) is 4.79 Å². The molecule has 100 valence electrons. The average Bonchev–Trinajstić information content (AvgIpc) is 2.26. The van der Waals surface area contributed by atoms with Gasteiger partial charge < -0.3 is 4.74 Å². The predicted molar refractivity (Wildman–Crippen MR) is 60.4 cm³/mol. The molecule has 0 aromatic heterocycles. The van der Waals surface area contributed by atoms with Gasteiger partial charge in [0.15, 0.2) is 0 Å². The fourth-order valence-electron chi connectivity index (χ4n) is 1.43.